The normalized spacial score (nSPS) is 9.82. The average Bonchev–Trinajstić information content (AvgIpc) is 2.58. The van der Waals surface area contributed by atoms with Crippen LogP contribution < -0.4 is 0 Å². The van der Waals surface area contributed by atoms with Gasteiger partial charge in [-0.15, -0.1) is 0 Å². The molecular formula is C9H6NO. The first-order valence-electron chi connectivity index (χ1n) is 3.34. The molecule has 0 unspecified atom stereocenters. The molecular weight excluding hydrogens is 138 g/mol. The molecule has 0 N–H and O–H groups in total. The van der Waals surface area contributed by atoms with Crippen molar-refractivity contribution in [1.29, 1.82) is 0 Å². The van der Waals surface area contributed by atoms with Crippen LogP contribution in [0.5, 0.6) is 0 Å². The zero-order valence-corrected chi connectivity index (χ0v) is 5.82. The lowest BCUT2D eigenvalue weighted by Gasteiger charge is -1.90. The highest BCUT2D eigenvalue weighted by molar-refractivity contribution is 5.55. The molecule has 0 amide bonds. The summed E-state index contributed by atoms with van der Waals surface area (Å²) in [7, 11) is 0. The van der Waals surface area contributed by atoms with Crippen molar-refractivity contribution < 1.29 is 4.52 Å². The molecule has 0 spiro atoms. The van der Waals surface area contributed by atoms with E-state index in [1.807, 2.05) is 30.3 Å². The van der Waals surface area contributed by atoms with Crippen LogP contribution in [0.15, 0.2) is 41.1 Å². The Labute approximate surface area is 64.5 Å². The minimum Gasteiger partial charge on any atom is -0.356 e. The Morgan fingerprint density at radius 1 is 1.18 bits per heavy atom. The lowest BCUT2D eigenvalue weighted by Crippen LogP contribution is -1.69. The lowest BCUT2D eigenvalue weighted by atomic mass is 10.2. The molecule has 2 heteroatoms. The molecule has 1 aromatic carbocycles. The summed E-state index contributed by atoms with van der Waals surface area (Å²) in [4.78, 5) is 0. The highest BCUT2D eigenvalue weighted by atomic mass is 16.5. The minimum absolute atomic E-state index is 0.686. The predicted octanol–water partition coefficient (Wildman–Crippen LogP) is 2.14. The van der Waals surface area contributed by atoms with Crippen molar-refractivity contribution in [1.82, 2.24) is 5.16 Å². The summed E-state index contributed by atoms with van der Waals surface area (Å²) in [5.41, 5.74) is 1.00. The molecule has 1 heterocycles. The van der Waals surface area contributed by atoms with Crippen LogP contribution in [-0.4, -0.2) is 5.16 Å². The maximum atomic E-state index is 4.91. The van der Waals surface area contributed by atoms with Crippen LogP contribution in [0.1, 0.15) is 0 Å². The van der Waals surface area contributed by atoms with Crippen LogP contribution >= 0.6 is 0 Å². The first kappa shape index (κ1) is 6.16. The molecule has 0 saturated carbocycles. The zero-order valence-electron chi connectivity index (χ0n) is 5.82. The van der Waals surface area contributed by atoms with Gasteiger partial charge in [-0.25, -0.2) is 0 Å². The number of rotatable bonds is 1. The third-order valence-corrected chi connectivity index (χ3v) is 1.43. The Kier molecular flexibility index (Phi) is 1.44. The second-order valence-electron chi connectivity index (χ2n) is 2.17. The highest BCUT2D eigenvalue weighted by Gasteiger charge is 1.98. The van der Waals surface area contributed by atoms with Crippen LogP contribution in [0.25, 0.3) is 11.3 Å². The van der Waals surface area contributed by atoms with E-state index in [1.54, 1.807) is 0 Å². The van der Waals surface area contributed by atoms with Gasteiger partial charge >= 0.3 is 0 Å². The van der Waals surface area contributed by atoms with Gasteiger partial charge in [0.05, 0.1) is 12.3 Å². The van der Waals surface area contributed by atoms with Crippen LogP contribution in [0.3, 0.4) is 0 Å². The summed E-state index contributed by atoms with van der Waals surface area (Å²) in [5, 5.41) is 3.57. The second kappa shape index (κ2) is 2.58. The Morgan fingerprint density at radius 2 is 2.00 bits per heavy atom. The lowest BCUT2D eigenvalue weighted by molar-refractivity contribution is 0.432. The van der Waals surface area contributed by atoms with Crippen molar-refractivity contribution in [2.45, 2.75) is 0 Å². The van der Waals surface area contributed by atoms with Gasteiger partial charge in [0, 0.05) is 5.56 Å². The molecule has 2 aromatic rings. The summed E-state index contributed by atoms with van der Waals surface area (Å²) in [6.45, 7) is 0. The van der Waals surface area contributed by atoms with Crippen molar-refractivity contribution in [2.75, 3.05) is 0 Å². The third-order valence-electron chi connectivity index (χ3n) is 1.43. The van der Waals surface area contributed by atoms with E-state index in [1.165, 1.54) is 6.20 Å². The summed E-state index contributed by atoms with van der Waals surface area (Å²) >= 11 is 0. The maximum Gasteiger partial charge on any atom is 0.174 e. The Hall–Kier alpha value is -1.57. The fourth-order valence-electron chi connectivity index (χ4n) is 0.916. The predicted molar refractivity (Wildman–Crippen MR) is 40.8 cm³/mol. The molecule has 0 atom stereocenters. The van der Waals surface area contributed by atoms with Crippen LogP contribution in [0, 0.1) is 6.07 Å². The largest absolute Gasteiger partial charge is 0.356 e. The fourth-order valence-corrected chi connectivity index (χ4v) is 0.916. The van der Waals surface area contributed by atoms with Gasteiger partial charge in [-0.3, -0.25) is 0 Å². The summed E-state index contributed by atoms with van der Waals surface area (Å²) in [6, 6.07) is 12.6. The van der Waals surface area contributed by atoms with E-state index in [-0.39, 0.29) is 0 Å². The van der Waals surface area contributed by atoms with E-state index >= 15 is 0 Å². The Bertz CT molecular complexity index is 313. The van der Waals surface area contributed by atoms with Gasteiger partial charge in [0.25, 0.3) is 0 Å². The number of aromatic nitrogens is 1. The minimum atomic E-state index is 0.686. The van der Waals surface area contributed by atoms with Gasteiger partial charge in [0.2, 0.25) is 0 Å². The molecule has 53 valence electrons. The second-order valence-corrected chi connectivity index (χ2v) is 2.17. The molecule has 2 nitrogen and oxygen atoms in total. The molecule has 2 rings (SSSR count). The van der Waals surface area contributed by atoms with E-state index in [4.69, 9.17) is 4.52 Å². The van der Waals surface area contributed by atoms with E-state index in [9.17, 15) is 0 Å². The number of hydrogen-bond donors (Lipinski definition) is 0. The van der Waals surface area contributed by atoms with Gasteiger partial charge in [-0.05, 0) is 0 Å². The molecule has 1 radical (unpaired) electrons. The van der Waals surface area contributed by atoms with Crippen LogP contribution in [0.2, 0.25) is 0 Å². The summed E-state index contributed by atoms with van der Waals surface area (Å²) in [5.74, 6) is 0.686. The fraction of sp³-hybridized carbons (Fsp3) is 0. The summed E-state index contributed by atoms with van der Waals surface area (Å²) in [6.07, 6.45) is 1.52. The van der Waals surface area contributed by atoms with Crippen molar-refractivity contribution >= 4 is 0 Å². The maximum absolute atomic E-state index is 4.91. The average molecular weight is 144 g/mol. The molecule has 0 bridgehead atoms. The standard InChI is InChI=1S/C9H6NO/c1-2-4-8(5-3-1)9-6-7-10-11-9/h1-5,7H. The Balaban J connectivity index is 2.46. The van der Waals surface area contributed by atoms with E-state index < -0.39 is 0 Å². The molecule has 0 fully saturated rings. The Morgan fingerprint density at radius 3 is 2.64 bits per heavy atom. The van der Waals surface area contributed by atoms with Crippen molar-refractivity contribution in [3.63, 3.8) is 0 Å². The first-order valence-corrected chi connectivity index (χ1v) is 3.34. The van der Waals surface area contributed by atoms with Crippen molar-refractivity contribution in [3.8, 4) is 11.3 Å². The van der Waals surface area contributed by atoms with Crippen molar-refractivity contribution in [2.24, 2.45) is 0 Å². The van der Waals surface area contributed by atoms with Gasteiger partial charge in [0.1, 0.15) is 0 Å². The van der Waals surface area contributed by atoms with Gasteiger partial charge < -0.3 is 4.52 Å². The van der Waals surface area contributed by atoms with Crippen LogP contribution in [0.4, 0.5) is 0 Å². The third kappa shape index (κ3) is 1.15. The highest BCUT2D eigenvalue weighted by Crippen LogP contribution is 2.15. The monoisotopic (exact) mass is 144 g/mol. The van der Waals surface area contributed by atoms with Gasteiger partial charge in [-0.2, -0.15) is 0 Å². The molecule has 1 aromatic heterocycles. The quantitative estimate of drug-likeness (QED) is 0.612. The molecule has 11 heavy (non-hydrogen) atoms. The molecule has 0 saturated heterocycles. The molecule has 0 aliphatic carbocycles. The summed E-state index contributed by atoms with van der Waals surface area (Å²) < 4.78 is 4.91. The van der Waals surface area contributed by atoms with Gasteiger partial charge in [0.15, 0.2) is 5.76 Å². The molecule has 0 aliphatic rings. The van der Waals surface area contributed by atoms with E-state index in [2.05, 4.69) is 11.2 Å². The first-order chi connectivity index (χ1) is 5.47. The number of benzene rings is 1. The van der Waals surface area contributed by atoms with Crippen molar-refractivity contribution in [3.05, 3.63) is 42.6 Å². The smallest absolute Gasteiger partial charge is 0.174 e. The molecule has 0 aliphatic heterocycles. The SMILES string of the molecule is [c]1cnoc1-c1ccccc1. The van der Waals surface area contributed by atoms with E-state index in [0.29, 0.717) is 5.76 Å². The van der Waals surface area contributed by atoms with Crippen LogP contribution in [-0.2, 0) is 0 Å². The van der Waals surface area contributed by atoms with E-state index in [0.717, 1.165) is 5.56 Å². The zero-order chi connectivity index (χ0) is 7.52. The van der Waals surface area contributed by atoms with Gasteiger partial charge in [-0.1, -0.05) is 35.5 Å². The topological polar surface area (TPSA) is 26.0 Å². The number of hydrogen-bond acceptors (Lipinski definition) is 2. The number of nitrogens with zero attached hydrogens (tertiary/aromatic N) is 1.